The SMILES string of the molecule is Cc1oc(C=C(C#N)C#N)cc1C1=C(c2cc(C=C(C#N)C#N)oc2C)C(F)(F)C(F)(F)C1(F)F. The first kappa shape index (κ1) is 25.0. The highest BCUT2D eigenvalue weighted by Gasteiger charge is 2.80. The molecule has 3 rings (SSSR count). The van der Waals surface area contributed by atoms with E-state index in [1.54, 1.807) is 0 Å². The molecule has 12 heteroatoms. The molecule has 0 radical (unpaired) electrons. The van der Waals surface area contributed by atoms with E-state index in [0.717, 1.165) is 38.1 Å². The predicted octanol–water partition coefficient (Wildman–Crippen LogP) is 6.18. The van der Waals surface area contributed by atoms with Crippen LogP contribution in [-0.2, 0) is 0 Å². The molecule has 1 aliphatic rings. The lowest BCUT2D eigenvalue weighted by Gasteiger charge is -2.25. The maximum Gasteiger partial charge on any atom is 0.380 e. The summed E-state index contributed by atoms with van der Waals surface area (Å²) in [5.41, 5.74) is -6.08. The molecule has 0 saturated heterocycles. The third-order valence-corrected chi connectivity index (χ3v) is 5.13. The fourth-order valence-electron chi connectivity index (χ4n) is 3.55. The number of aryl methyl sites for hydroxylation is 2. The zero-order chi connectivity index (χ0) is 26.3. The minimum Gasteiger partial charge on any atom is -0.461 e. The molecular formula is C23H10F6N4O2. The van der Waals surface area contributed by atoms with Crippen molar-refractivity contribution in [3.8, 4) is 24.3 Å². The summed E-state index contributed by atoms with van der Waals surface area (Å²) in [6.07, 6.45) is 1.66. The van der Waals surface area contributed by atoms with Crippen LogP contribution < -0.4 is 0 Å². The van der Waals surface area contributed by atoms with Crippen LogP contribution in [0.2, 0.25) is 0 Å². The normalized spacial score (nSPS) is 17.0. The summed E-state index contributed by atoms with van der Waals surface area (Å²) < 4.78 is 99.1. The van der Waals surface area contributed by atoms with Crippen LogP contribution in [0.5, 0.6) is 0 Å². The van der Waals surface area contributed by atoms with E-state index in [1.165, 1.54) is 24.3 Å². The Morgan fingerprint density at radius 2 is 1.00 bits per heavy atom. The van der Waals surface area contributed by atoms with Gasteiger partial charge in [-0.25, -0.2) is 0 Å². The quantitative estimate of drug-likeness (QED) is 0.374. The van der Waals surface area contributed by atoms with Crippen molar-refractivity contribution in [3.05, 3.63) is 57.4 Å². The van der Waals surface area contributed by atoms with E-state index >= 15 is 0 Å². The molecular weight excluding hydrogens is 478 g/mol. The van der Waals surface area contributed by atoms with Crippen LogP contribution in [0.15, 0.2) is 32.1 Å². The zero-order valence-corrected chi connectivity index (χ0v) is 17.7. The molecule has 0 N–H and O–H groups in total. The lowest BCUT2D eigenvalue weighted by Crippen LogP contribution is -2.48. The minimum absolute atomic E-state index is 0.378. The van der Waals surface area contributed by atoms with E-state index in [2.05, 4.69) is 0 Å². The van der Waals surface area contributed by atoms with Crippen LogP contribution in [-0.4, -0.2) is 17.8 Å². The first-order valence-corrected chi connectivity index (χ1v) is 9.40. The van der Waals surface area contributed by atoms with Crippen molar-refractivity contribution in [1.29, 1.82) is 21.0 Å². The third kappa shape index (κ3) is 3.66. The van der Waals surface area contributed by atoms with E-state index in [4.69, 9.17) is 29.9 Å². The van der Waals surface area contributed by atoms with Gasteiger partial charge in [0.05, 0.1) is 0 Å². The molecule has 0 unspecified atom stereocenters. The molecule has 35 heavy (non-hydrogen) atoms. The smallest absolute Gasteiger partial charge is 0.380 e. The summed E-state index contributed by atoms with van der Waals surface area (Å²) in [4.78, 5) is 0. The van der Waals surface area contributed by atoms with Crippen molar-refractivity contribution in [1.82, 2.24) is 0 Å². The molecule has 0 saturated carbocycles. The summed E-state index contributed by atoms with van der Waals surface area (Å²) in [6, 6.07) is 7.43. The van der Waals surface area contributed by atoms with Crippen molar-refractivity contribution >= 4 is 23.3 Å². The molecule has 0 amide bonds. The van der Waals surface area contributed by atoms with E-state index in [9.17, 15) is 26.3 Å². The van der Waals surface area contributed by atoms with Gasteiger partial charge < -0.3 is 8.83 Å². The first-order chi connectivity index (χ1) is 16.3. The number of nitrogens with zero attached hydrogens (tertiary/aromatic N) is 4. The monoisotopic (exact) mass is 488 g/mol. The van der Waals surface area contributed by atoms with E-state index in [1.807, 2.05) is 0 Å². The van der Waals surface area contributed by atoms with Gasteiger partial charge in [0.15, 0.2) is 0 Å². The maximum atomic E-state index is 15.0. The molecule has 2 heterocycles. The van der Waals surface area contributed by atoms with E-state index in [0.29, 0.717) is 0 Å². The summed E-state index contributed by atoms with van der Waals surface area (Å²) in [7, 11) is 0. The fourth-order valence-corrected chi connectivity index (χ4v) is 3.55. The van der Waals surface area contributed by atoms with Gasteiger partial charge in [0, 0.05) is 34.4 Å². The first-order valence-electron chi connectivity index (χ1n) is 9.40. The number of nitriles is 4. The Morgan fingerprint density at radius 1 is 0.686 bits per heavy atom. The highest BCUT2D eigenvalue weighted by Crippen LogP contribution is 2.65. The van der Waals surface area contributed by atoms with Crippen LogP contribution in [0, 0.1) is 59.2 Å². The molecule has 0 aliphatic heterocycles. The van der Waals surface area contributed by atoms with Gasteiger partial charge in [0.1, 0.15) is 58.5 Å². The van der Waals surface area contributed by atoms with E-state index < -0.39 is 62.7 Å². The molecule has 1 aliphatic carbocycles. The van der Waals surface area contributed by atoms with Crippen molar-refractivity contribution in [3.63, 3.8) is 0 Å². The number of hydrogen-bond acceptors (Lipinski definition) is 6. The van der Waals surface area contributed by atoms with Gasteiger partial charge in [-0.15, -0.1) is 0 Å². The Labute approximate surface area is 193 Å². The van der Waals surface area contributed by atoms with Crippen LogP contribution in [0.3, 0.4) is 0 Å². The van der Waals surface area contributed by atoms with Crippen LogP contribution in [0.25, 0.3) is 23.3 Å². The lowest BCUT2D eigenvalue weighted by molar-refractivity contribution is -0.254. The topological polar surface area (TPSA) is 121 Å². The summed E-state index contributed by atoms with van der Waals surface area (Å²) >= 11 is 0. The highest BCUT2D eigenvalue weighted by molar-refractivity contribution is 6.02. The van der Waals surface area contributed by atoms with Crippen LogP contribution in [0.4, 0.5) is 26.3 Å². The Morgan fingerprint density at radius 3 is 1.29 bits per heavy atom. The predicted molar refractivity (Wildman–Crippen MR) is 107 cm³/mol. The molecule has 0 aromatic carbocycles. The Bertz CT molecular complexity index is 1350. The molecule has 6 nitrogen and oxygen atoms in total. The fraction of sp³-hybridized carbons (Fsp3) is 0.217. The molecule has 2 aromatic rings. The number of allylic oxidation sites excluding steroid dienone is 4. The minimum atomic E-state index is -5.85. The molecule has 176 valence electrons. The average Bonchev–Trinajstić information content (AvgIpc) is 3.36. The molecule has 0 fully saturated rings. The van der Waals surface area contributed by atoms with Gasteiger partial charge in [-0.1, -0.05) is 0 Å². The maximum absolute atomic E-state index is 15.0. The van der Waals surface area contributed by atoms with Gasteiger partial charge in [-0.3, -0.25) is 0 Å². The Balaban J connectivity index is 2.39. The number of furan rings is 2. The van der Waals surface area contributed by atoms with Gasteiger partial charge in [-0.05, 0) is 26.0 Å². The van der Waals surface area contributed by atoms with Gasteiger partial charge in [0.25, 0.3) is 0 Å². The van der Waals surface area contributed by atoms with Crippen molar-refractivity contribution in [2.75, 3.05) is 0 Å². The number of hydrogen-bond donors (Lipinski definition) is 0. The second-order valence-electron chi connectivity index (χ2n) is 7.27. The molecule has 2 aromatic heterocycles. The van der Waals surface area contributed by atoms with E-state index in [-0.39, 0.29) is 11.5 Å². The Hall–Kier alpha value is -4.68. The summed E-state index contributed by atoms with van der Waals surface area (Å²) in [6.45, 7) is 2.12. The highest BCUT2D eigenvalue weighted by atomic mass is 19.3. The van der Waals surface area contributed by atoms with Crippen LogP contribution >= 0.6 is 0 Å². The molecule has 0 bridgehead atoms. The second kappa shape index (κ2) is 8.27. The van der Waals surface area contributed by atoms with Gasteiger partial charge in [-0.2, -0.15) is 47.4 Å². The lowest BCUT2D eigenvalue weighted by atomic mass is 9.95. The number of alkyl halides is 6. The summed E-state index contributed by atoms with van der Waals surface area (Å²) in [5.74, 6) is -18.3. The Kier molecular flexibility index (Phi) is 5.90. The van der Waals surface area contributed by atoms with Crippen molar-refractivity contribution in [2.45, 2.75) is 31.6 Å². The zero-order valence-electron chi connectivity index (χ0n) is 17.7. The number of halogens is 6. The number of rotatable bonds is 4. The van der Waals surface area contributed by atoms with Gasteiger partial charge >= 0.3 is 17.8 Å². The third-order valence-electron chi connectivity index (χ3n) is 5.13. The van der Waals surface area contributed by atoms with Crippen molar-refractivity contribution < 1.29 is 35.2 Å². The van der Waals surface area contributed by atoms with Crippen LogP contribution in [0.1, 0.15) is 34.2 Å². The molecule has 0 atom stereocenters. The average molecular weight is 488 g/mol. The summed E-state index contributed by atoms with van der Waals surface area (Å²) in [5, 5.41) is 35.4. The second-order valence-corrected chi connectivity index (χ2v) is 7.27. The standard InChI is InChI=1S/C23H10F6N4O2/c1-11-17(5-15(34-11)3-13(7-30)8-31)19-20(22(26,27)23(28,29)21(19,24)25)18-6-16(35-12(18)2)4-14(9-32)10-33/h3-6H,1-2H3. The van der Waals surface area contributed by atoms with Gasteiger partial charge in [0.2, 0.25) is 0 Å². The molecule has 0 spiro atoms. The largest absolute Gasteiger partial charge is 0.461 e. The van der Waals surface area contributed by atoms with Crippen molar-refractivity contribution in [2.24, 2.45) is 0 Å².